The molecular weight excluding hydrogens is 546 g/mol. The monoisotopic (exact) mass is 585 g/mol. The number of aromatic nitrogens is 5. The quantitative estimate of drug-likeness (QED) is 0.270. The van der Waals surface area contributed by atoms with E-state index in [-0.39, 0.29) is 18.0 Å². The normalized spacial score (nSPS) is 14.0. The van der Waals surface area contributed by atoms with Crippen molar-refractivity contribution in [3.05, 3.63) is 77.4 Å². The van der Waals surface area contributed by atoms with Gasteiger partial charge in [-0.15, -0.1) is 6.58 Å². The molecule has 0 saturated carbocycles. The van der Waals surface area contributed by atoms with Crippen molar-refractivity contribution in [2.45, 2.75) is 32.4 Å². The van der Waals surface area contributed by atoms with E-state index in [2.05, 4.69) is 21.8 Å². The lowest BCUT2D eigenvalue weighted by Gasteiger charge is -2.36. The van der Waals surface area contributed by atoms with Crippen molar-refractivity contribution in [3.8, 4) is 5.82 Å². The van der Waals surface area contributed by atoms with Gasteiger partial charge in [-0.2, -0.15) is 4.98 Å². The predicted molar refractivity (Wildman–Crippen MR) is 168 cm³/mol. The number of carbonyl (C=O) groups excluding carboxylic acids is 1. The molecule has 0 atom stereocenters. The molecule has 3 aromatic heterocycles. The Morgan fingerprint density at radius 3 is 2.47 bits per heavy atom. The second-order valence-corrected chi connectivity index (χ2v) is 11.7. The van der Waals surface area contributed by atoms with Crippen LogP contribution in [0.3, 0.4) is 0 Å². The molecule has 12 heteroatoms. The van der Waals surface area contributed by atoms with Crippen molar-refractivity contribution in [1.82, 2.24) is 34.1 Å². The fraction of sp³-hybridized carbons (Fsp3) is 0.387. The lowest BCUT2D eigenvalue weighted by Crippen LogP contribution is -2.50. The molecule has 226 valence electrons. The number of rotatable bonds is 10. The fourth-order valence-corrected chi connectivity index (χ4v) is 5.20. The number of nitrogens with one attached hydrogen (secondary N) is 1. The second kappa shape index (κ2) is 12.4. The highest BCUT2D eigenvalue weighted by Crippen LogP contribution is 2.23. The van der Waals surface area contributed by atoms with Gasteiger partial charge >= 0.3 is 0 Å². The van der Waals surface area contributed by atoms with Gasteiger partial charge in [-0.25, -0.2) is 19.3 Å². The first-order chi connectivity index (χ1) is 20.5. The van der Waals surface area contributed by atoms with Crippen LogP contribution in [0.15, 0.2) is 66.1 Å². The molecule has 43 heavy (non-hydrogen) atoms. The van der Waals surface area contributed by atoms with Crippen LogP contribution in [-0.2, 0) is 17.8 Å². The predicted octanol–water partition coefficient (Wildman–Crippen LogP) is 2.43. The molecule has 0 bridgehead atoms. The van der Waals surface area contributed by atoms with Crippen LogP contribution in [0.2, 0.25) is 0 Å². The van der Waals surface area contributed by atoms with E-state index in [9.17, 15) is 14.7 Å². The average Bonchev–Trinajstić information content (AvgIpc) is 3.23. The van der Waals surface area contributed by atoms with Gasteiger partial charge in [0.25, 0.3) is 5.56 Å². The first-order valence-corrected chi connectivity index (χ1v) is 14.3. The number of pyridine rings is 1. The van der Waals surface area contributed by atoms with Crippen molar-refractivity contribution in [3.63, 3.8) is 0 Å². The molecule has 0 spiro atoms. The summed E-state index contributed by atoms with van der Waals surface area (Å²) in [6, 6.07) is 13.5. The summed E-state index contributed by atoms with van der Waals surface area (Å²) < 4.78 is 3.20. The number of piperazine rings is 1. The summed E-state index contributed by atoms with van der Waals surface area (Å²) in [6.45, 7) is 10.9. The van der Waals surface area contributed by atoms with Gasteiger partial charge < -0.3 is 25.1 Å². The molecule has 1 aromatic carbocycles. The summed E-state index contributed by atoms with van der Waals surface area (Å²) in [6.07, 6.45) is 3.52. The van der Waals surface area contributed by atoms with E-state index in [0.29, 0.717) is 54.5 Å². The Bertz CT molecular complexity index is 1660. The van der Waals surface area contributed by atoms with E-state index in [4.69, 9.17) is 9.97 Å². The SMILES string of the molecule is C=CCn1c(=O)c2cnc(Nc3ccc(N4CCN(C(=O)CN(C)C)CC4)cc3)nc2n1-c1cccc(CC(C)(C)O)n1. The van der Waals surface area contributed by atoms with Crippen LogP contribution in [0.4, 0.5) is 17.3 Å². The Morgan fingerprint density at radius 2 is 1.81 bits per heavy atom. The zero-order valence-electron chi connectivity index (χ0n) is 25.2. The maximum atomic E-state index is 13.3. The Morgan fingerprint density at radius 1 is 1.09 bits per heavy atom. The smallest absolute Gasteiger partial charge is 0.278 e. The second-order valence-electron chi connectivity index (χ2n) is 11.7. The number of amides is 1. The van der Waals surface area contributed by atoms with Gasteiger partial charge in [-0.1, -0.05) is 12.1 Å². The Labute approximate surface area is 250 Å². The molecule has 12 nitrogen and oxygen atoms in total. The number of fused-ring (bicyclic) bond motifs is 1. The van der Waals surface area contributed by atoms with Crippen molar-refractivity contribution in [1.29, 1.82) is 0 Å². The molecule has 1 aliphatic rings. The number of allylic oxidation sites excluding steroid dienone is 1. The van der Waals surface area contributed by atoms with E-state index < -0.39 is 5.60 Å². The van der Waals surface area contributed by atoms with E-state index in [1.165, 1.54) is 10.9 Å². The van der Waals surface area contributed by atoms with Gasteiger partial charge in [0.05, 0.1) is 18.7 Å². The van der Waals surface area contributed by atoms with Crippen LogP contribution in [0, 0.1) is 0 Å². The highest BCUT2D eigenvalue weighted by Gasteiger charge is 2.22. The number of likely N-dealkylation sites (N-methyl/N-ethyl adjacent to an activating group) is 1. The lowest BCUT2D eigenvalue weighted by atomic mass is 10.0. The molecule has 1 fully saturated rings. The van der Waals surface area contributed by atoms with Crippen molar-refractivity contribution >= 4 is 34.3 Å². The van der Waals surface area contributed by atoms with Crippen LogP contribution in [0.1, 0.15) is 19.5 Å². The molecule has 5 rings (SSSR count). The Kier molecular flexibility index (Phi) is 8.60. The molecule has 0 aliphatic carbocycles. The van der Waals surface area contributed by atoms with Gasteiger partial charge in [0.1, 0.15) is 5.39 Å². The number of hydrogen-bond donors (Lipinski definition) is 2. The number of nitrogens with zero attached hydrogens (tertiary/aromatic N) is 8. The van der Waals surface area contributed by atoms with Crippen LogP contribution in [-0.4, -0.2) is 97.5 Å². The van der Waals surface area contributed by atoms with E-state index >= 15 is 0 Å². The van der Waals surface area contributed by atoms with E-state index in [1.54, 1.807) is 30.7 Å². The van der Waals surface area contributed by atoms with Crippen LogP contribution < -0.4 is 15.8 Å². The lowest BCUT2D eigenvalue weighted by molar-refractivity contribution is -0.132. The number of carbonyl (C=O) groups is 1. The third-order valence-corrected chi connectivity index (χ3v) is 7.17. The molecule has 1 aliphatic heterocycles. The summed E-state index contributed by atoms with van der Waals surface area (Å²) in [5.41, 5.74) is 1.80. The molecule has 4 aromatic rings. The summed E-state index contributed by atoms with van der Waals surface area (Å²) in [5.74, 6) is 1.00. The van der Waals surface area contributed by atoms with Crippen LogP contribution in [0.5, 0.6) is 0 Å². The molecule has 1 amide bonds. The minimum absolute atomic E-state index is 0.156. The molecular formula is C31H39N9O3. The van der Waals surface area contributed by atoms with Crippen LogP contribution in [0.25, 0.3) is 16.9 Å². The first kappa shape index (κ1) is 29.9. The van der Waals surface area contributed by atoms with Crippen molar-refractivity contribution < 1.29 is 9.90 Å². The van der Waals surface area contributed by atoms with Gasteiger partial charge in [0.15, 0.2) is 11.5 Å². The Balaban J connectivity index is 1.37. The third-order valence-electron chi connectivity index (χ3n) is 7.17. The van der Waals surface area contributed by atoms with Gasteiger partial charge in [0.2, 0.25) is 11.9 Å². The van der Waals surface area contributed by atoms with Gasteiger partial charge in [-0.3, -0.25) is 9.59 Å². The molecule has 0 unspecified atom stereocenters. The topological polar surface area (TPSA) is 125 Å². The number of hydrogen-bond acceptors (Lipinski definition) is 9. The Hall–Kier alpha value is -4.55. The van der Waals surface area contributed by atoms with Crippen molar-refractivity contribution in [2.24, 2.45) is 0 Å². The number of anilines is 3. The summed E-state index contributed by atoms with van der Waals surface area (Å²) in [5, 5.41) is 13.9. The summed E-state index contributed by atoms with van der Waals surface area (Å²) in [7, 11) is 3.81. The van der Waals surface area contributed by atoms with Gasteiger partial charge in [0, 0.05) is 55.9 Å². The number of aliphatic hydroxyl groups is 1. The largest absolute Gasteiger partial charge is 0.390 e. The molecule has 0 radical (unpaired) electrons. The van der Waals surface area contributed by atoms with E-state index in [0.717, 1.165) is 24.5 Å². The standard InChI is InChI=1S/C31H39N9O3/c1-6-14-39-29(42)25-20-32-30(35-28(25)40(39)26-9-7-8-23(33-26)19-31(2,3)43)34-22-10-12-24(13-11-22)37-15-17-38(18-16-37)27(41)21-36(4)5/h6-13,20,43H,1,14-19,21H2,2-5H3,(H,32,34,35). The van der Waals surface area contributed by atoms with Crippen molar-refractivity contribution in [2.75, 3.05) is 57.0 Å². The summed E-state index contributed by atoms with van der Waals surface area (Å²) >= 11 is 0. The molecule has 2 N–H and O–H groups in total. The maximum absolute atomic E-state index is 13.3. The maximum Gasteiger partial charge on any atom is 0.278 e. The minimum atomic E-state index is -0.931. The van der Waals surface area contributed by atoms with Gasteiger partial charge in [-0.05, 0) is 64.3 Å². The zero-order valence-corrected chi connectivity index (χ0v) is 25.2. The average molecular weight is 586 g/mol. The van der Waals surface area contributed by atoms with E-state index in [1.807, 2.05) is 60.3 Å². The highest BCUT2D eigenvalue weighted by atomic mass is 16.3. The zero-order chi connectivity index (χ0) is 30.7. The fourth-order valence-electron chi connectivity index (χ4n) is 5.20. The highest BCUT2D eigenvalue weighted by molar-refractivity contribution is 5.79. The molecule has 4 heterocycles. The first-order valence-electron chi connectivity index (χ1n) is 14.3. The minimum Gasteiger partial charge on any atom is -0.390 e. The van der Waals surface area contributed by atoms with Crippen LogP contribution >= 0.6 is 0 Å². The number of benzene rings is 1. The molecule has 1 saturated heterocycles. The summed E-state index contributed by atoms with van der Waals surface area (Å²) in [4.78, 5) is 45.6. The third kappa shape index (κ3) is 6.92.